The summed E-state index contributed by atoms with van der Waals surface area (Å²) in [6.07, 6.45) is -0.160. The molecule has 2 aromatic rings. The molecule has 8 heteroatoms. The minimum Gasteiger partial charge on any atom is -0.486 e. The second-order valence-corrected chi connectivity index (χ2v) is 8.22. The third-order valence-corrected chi connectivity index (χ3v) is 6.21. The van der Waals surface area contributed by atoms with Crippen LogP contribution in [0.25, 0.3) is 0 Å². The van der Waals surface area contributed by atoms with Crippen molar-refractivity contribution in [1.29, 1.82) is 0 Å². The fourth-order valence-electron chi connectivity index (χ4n) is 3.37. The lowest BCUT2D eigenvalue weighted by Crippen LogP contribution is -2.29. The lowest BCUT2D eigenvalue weighted by molar-refractivity contribution is -0.00461. The van der Waals surface area contributed by atoms with Gasteiger partial charge in [0.25, 0.3) is 0 Å². The second kappa shape index (κ2) is 8.06. The maximum Gasteiger partial charge on any atom is 0.337 e. The quantitative estimate of drug-likeness (QED) is 0.726. The Morgan fingerprint density at radius 2 is 1.79 bits per heavy atom. The summed E-state index contributed by atoms with van der Waals surface area (Å²) in [4.78, 5) is 19.6. The van der Waals surface area contributed by atoms with E-state index < -0.39 is 0 Å². The van der Waals surface area contributed by atoms with E-state index >= 15 is 0 Å². The molecule has 0 radical (unpaired) electrons. The molecule has 2 saturated heterocycles. The van der Waals surface area contributed by atoms with E-state index in [9.17, 15) is 4.79 Å². The molecule has 2 aliphatic rings. The number of hydrogen-bond acceptors (Lipinski definition) is 8. The van der Waals surface area contributed by atoms with Crippen LogP contribution in [0.4, 0.5) is 5.13 Å². The van der Waals surface area contributed by atoms with Gasteiger partial charge >= 0.3 is 5.97 Å². The number of aromatic nitrogens is 1. The summed E-state index contributed by atoms with van der Waals surface area (Å²) in [7, 11) is 1.36. The lowest BCUT2D eigenvalue weighted by atomic mass is 10.2. The highest BCUT2D eigenvalue weighted by Gasteiger charge is 2.39. The van der Waals surface area contributed by atoms with Crippen LogP contribution < -0.4 is 9.64 Å². The molecule has 0 saturated carbocycles. The number of carbonyl (C=O) groups excluding carboxylic acids is 1. The van der Waals surface area contributed by atoms with Gasteiger partial charge in [-0.3, -0.25) is 0 Å². The predicted molar refractivity (Wildman–Crippen MR) is 105 cm³/mol. The largest absolute Gasteiger partial charge is 0.486 e. The summed E-state index contributed by atoms with van der Waals surface area (Å²) in [5, 5.41) is 1.04. The average Bonchev–Trinajstić information content (AvgIpc) is 3.21. The zero-order valence-corrected chi connectivity index (χ0v) is 17.0. The molecule has 0 N–H and O–H groups in total. The van der Waals surface area contributed by atoms with E-state index in [2.05, 4.69) is 16.8 Å². The average molecular weight is 404 g/mol. The summed E-state index contributed by atoms with van der Waals surface area (Å²) in [6.45, 7) is 6.61. The molecule has 0 spiro atoms. The SMILES string of the molecule is COC(=O)c1ccc(OC2CO[C@H]3CN(c4nc(C)c(C)s4)C[C@@H]3OC2)cc1. The molecule has 4 rings (SSSR count). The number of thiazole rings is 1. The van der Waals surface area contributed by atoms with Crippen molar-refractivity contribution in [3.63, 3.8) is 0 Å². The Kier molecular flexibility index (Phi) is 5.52. The number of benzene rings is 1. The van der Waals surface area contributed by atoms with E-state index in [4.69, 9.17) is 18.9 Å². The Balaban J connectivity index is 1.33. The van der Waals surface area contributed by atoms with Crippen LogP contribution in [0.5, 0.6) is 5.75 Å². The summed E-state index contributed by atoms with van der Waals surface area (Å²) >= 11 is 1.72. The fourth-order valence-corrected chi connectivity index (χ4v) is 4.30. The van der Waals surface area contributed by atoms with E-state index in [1.807, 2.05) is 6.92 Å². The minimum absolute atomic E-state index is 0.0137. The Morgan fingerprint density at radius 3 is 2.32 bits per heavy atom. The van der Waals surface area contributed by atoms with Gasteiger partial charge in [-0.15, -0.1) is 11.3 Å². The lowest BCUT2D eigenvalue weighted by Gasteiger charge is -2.19. The monoisotopic (exact) mass is 404 g/mol. The van der Waals surface area contributed by atoms with Crippen molar-refractivity contribution < 1.29 is 23.7 Å². The van der Waals surface area contributed by atoms with Crippen LogP contribution >= 0.6 is 11.3 Å². The molecule has 0 bridgehead atoms. The van der Waals surface area contributed by atoms with Gasteiger partial charge in [-0.25, -0.2) is 9.78 Å². The fraction of sp³-hybridized carbons (Fsp3) is 0.500. The highest BCUT2D eigenvalue weighted by atomic mass is 32.1. The van der Waals surface area contributed by atoms with Crippen molar-refractivity contribution in [1.82, 2.24) is 4.98 Å². The number of anilines is 1. The standard InChI is InChI=1S/C20H24N2O5S/c1-12-13(2)28-20(21-12)22-8-17-18(9-22)26-11-16(10-25-17)27-15-6-4-14(5-7-15)19(23)24-3/h4-7,16-18H,8-11H2,1-3H3/t17-,18-/m0/s1. The van der Waals surface area contributed by atoms with Crippen molar-refractivity contribution in [2.24, 2.45) is 0 Å². The first-order valence-corrected chi connectivity index (χ1v) is 10.1. The van der Waals surface area contributed by atoms with Gasteiger partial charge in [0.05, 0.1) is 31.6 Å². The Morgan fingerprint density at radius 1 is 1.14 bits per heavy atom. The van der Waals surface area contributed by atoms with E-state index in [0.717, 1.165) is 23.9 Å². The van der Waals surface area contributed by atoms with Crippen LogP contribution in [-0.2, 0) is 14.2 Å². The first-order valence-electron chi connectivity index (χ1n) is 9.30. The van der Waals surface area contributed by atoms with Crippen LogP contribution in [0.15, 0.2) is 24.3 Å². The zero-order valence-electron chi connectivity index (χ0n) is 16.2. The van der Waals surface area contributed by atoms with Gasteiger partial charge in [0, 0.05) is 18.0 Å². The predicted octanol–water partition coefficient (Wildman–Crippen LogP) is 2.60. The Hall–Kier alpha value is -2.16. The topological polar surface area (TPSA) is 70.1 Å². The highest BCUT2D eigenvalue weighted by Crippen LogP contribution is 2.31. The van der Waals surface area contributed by atoms with E-state index in [1.54, 1.807) is 35.6 Å². The molecule has 0 unspecified atom stereocenters. The maximum absolute atomic E-state index is 11.5. The Bertz CT molecular complexity index is 802. The number of rotatable bonds is 4. The smallest absolute Gasteiger partial charge is 0.337 e. The number of nitrogens with zero attached hydrogens (tertiary/aromatic N) is 2. The molecular formula is C20H24N2O5S. The first-order chi connectivity index (χ1) is 13.5. The zero-order chi connectivity index (χ0) is 19.7. The van der Waals surface area contributed by atoms with Crippen molar-refractivity contribution in [2.75, 3.05) is 38.3 Å². The minimum atomic E-state index is -0.365. The third-order valence-electron chi connectivity index (χ3n) is 5.07. The molecule has 2 aliphatic heterocycles. The van der Waals surface area contributed by atoms with Gasteiger partial charge in [-0.1, -0.05) is 0 Å². The molecule has 28 heavy (non-hydrogen) atoms. The van der Waals surface area contributed by atoms with Crippen LogP contribution in [0.3, 0.4) is 0 Å². The van der Waals surface area contributed by atoms with Gasteiger partial charge in [0.1, 0.15) is 24.1 Å². The van der Waals surface area contributed by atoms with Gasteiger partial charge in [-0.05, 0) is 38.1 Å². The van der Waals surface area contributed by atoms with E-state index in [-0.39, 0.29) is 24.3 Å². The number of methoxy groups -OCH3 is 1. The molecule has 1 aromatic carbocycles. The maximum atomic E-state index is 11.5. The summed E-state index contributed by atoms with van der Waals surface area (Å²) < 4.78 is 22.9. The van der Waals surface area contributed by atoms with Crippen LogP contribution in [0, 0.1) is 13.8 Å². The number of carbonyl (C=O) groups is 1. The summed E-state index contributed by atoms with van der Waals surface area (Å²) in [5.41, 5.74) is 1.58. The Labute approximate surface area is 168 Å². The molecule has 0 aliphatic carbocycles. The molecule has 2 fully saturated rings. The summed E-state index contributed by atoms with van der Waals surface area (Å²) in [5.74, 6) is 0.308. The third kappa shape index (κ3) is 3.99. The molecular weight excluding hydrogens is 380 g/mol. The van der Waals surface area contributed by atoms with Crippen molar-refractivity contribution in [3.8, 4) is 5.75 Å². The van der Waals surface area contributed by atoms with E-state index in [0.29, 0.717) is 24.5 Å². The number of hydrogen-bond donors (Lipinski definition) is 0. The number of ether oxygens (including phenoxy) is 4. The van der Waals surface area contributed by atoms with Gasteiger partial charge in [0.2, 0.25) is 0 Å². The number of aryl methyl sites for hydroxylation is 2. The molecule has 1 aromatic heterocycles. The van der Waals surface area contributed by atoms with Gasteiger partial charge in [0.15, 0.2) is 5.13 Å². The van der Waals surface area contributed by atoms with Crippen LogP contribution in [0.1, 0.15) is 20.9 Å². The van der Waals surface area contributed by atoms with Crippen molar-refractivity contribution in [2.45, 2.75) is 32.2 Å². The molecule has 3 heterocycles. The van der Waals surface area contributed by atoms with Gasteiger partial charge < -0.3 is 23.8 Å². The summed E-state index contributed by atoms with van der Waals surface area (Å²) in [6, 6.07) is 6.88. The van der Waals surface area contributed by atoms with E-state index in [1.165, 1.54) is 12.0 Å². The highest BCUT2D eigenvalue weighted by molar-refractivity contribution is 7.15. The molecule has 150 valence electrons. The molecule has 2 atom stereocenters. The van der Waals surface area contributed by atoms with Gasteiger partial charge in [-0.2, -0.15) is 0 Å². The van der Waals surface area contributed by atoms with Crippen molar-refractivity contribution in [3.05, 3.63) is 40.4 Å². The van der Waals surface area contributed by atoms with Crippen LogP contribution in [-0.4, -0.2) is 62.7 Å². The number of fused-ring (bicyclic) bond motifs is 1. The second-order valence-electron chi connectivity index (χ2n) is 7.04. The van der Waals surface area contributed by atoms with Crippen LogP contribution in [0.2, 0.25) is 0 Å². The number of esters is 1. The normalized spacial score (nSPS) is 22.6. The van der Waals surface area contributed by atoms with Crippen molar-refractivity contribution >= 4 is 22.4 Å². The molecule has 7 nitrogen and oxygen atoms in total. The molecule has 0 amide bonds. The first kappa shape index (κ1) is 19.2.